The summed E-state index contributed by atoms with van der Waals surface area (Å²) in [6.45, 7) is 0. The Morgan fingerprint density at radius 3 is 1.60 bits per heavy atom. The number of fused-ring (bicyclic) bond motifs is 10. The molecule has 0 radical (unpaired) electrons. The molecule has 0 saturated heterocycles. The number of para-hydroxylation sites is 2. The summed E-state index contributed by atoms with van der Waals surface area (Å²) in [5.41, 5.74) is 15.0. The molecule has 9 aromatic rings. The lowest BCUT2D eigenvalue weighted by molar-refractivity contribution is 0.437. The summed E-state index contributed by atoms with van der Waals surface area (Å²) in [6, 6.07) is 76.8. The molecule has 0 amide bonds. The van der Waals surface area contributed by atoms with Gasteiger partial charge in [0, 0.05) is 28.2 Å². The molecule has 0 saturated carbocycles. The molecule has 1 aliphatic carbocycles. The van der Waals surface area contributed by atoms with Gasteiger partial charge in [0.2, 0.25) is 0 Å². The second-order valence-electron chi connectivity index (χ2n) is 14.4. The third kappa shape index (κ3) is 4.82. The van der Waals surface area contributed by atoms with Crippen molar-refractivity contribution in [3.05, 3.63) is 235 Å². The zero-order chi connectivity index (χ0) is 36.3. The fraction of sp³-hybridized carbons (Fsp3) is 0.0189. The molecule has 258 valence electrons. The lowest BCUT2D eigenvalue weighted by Gasteiger charge is -2.40. The molecule has 0 aromatic heterocycles. The van der Waals surface area contributed by atoms with Gasteiger partial charge in [-0.3, -0.25) is 0 Å². The number of hydrogen-bond donors (Lipinski definition) is 0. The molecular weight excluding hydrogens is 667 g/mol. The molecule has 2 aliphatic rings. The first-order chi connectivity index (χ1) is 27.3. The van der Waals surface area contributed by atoms with E-state index in [1.165, 1.54) is 66.4 Å². The van der Waals surface area contributed by atoms with Crippen molar-refractivity contribution >= 4 is 27.8 Å². The predicted molar refractivity (Wildman–Crippen MR) is 227 cm³/mol. The van der Waals surface area contributed by atoms with Gasteiger partial charge in [0.25, 0.3) is 0 Å². The number of ether oxygens (including phenoxy) is 1. The van der Waals surface area contributed by atoms with Crippen molar-refractivity contribution in [1.82, 2.24) is 0 Å². The fourth-order valence-electron chi connectivity index (χ4n) is 9.13. The molecule has 1 atom stereocenters. The van der Waals surface area contributed by atoms with Crippen LogP contribution in [0.5, 0.6) is 11.5 Å². The molecule has 11 rings (SSSR count). The van der Waals surface area contributed by atoms with Gasteiger partial charge in [-0.25, -0.2) is 0 Å². The Morgan fingerprint density at radius 1 is 0.327 bits per heavy atom. The fourth-order valence-corrected chi connectivity index (χ4v) is 9.13. The summed E-state index contributed by atoms with van der Waals surface area (Å²) in [5.74, 6) is 1.80. The van der Waals surface area contributed by atoms with Crippen molar-refractivity contribution in [2.45, 2.75) is 5.41 Å². The van der Waals surface area contributed by atoms with Crippen LogP contribution in [0.1, 0.15) is 22.3 Å². The normalized spacial score (nSPS) is 14.8. The first-order valence-electron chi connectivity index (χ1n) is 18.9. The quantitative estimate of drug-likeness (QED) is 0.177. The van der Waals surface area contributed by atoms with Crippen LogP contribution in [0.2, 0.25) is 0 Å². The highest BCUT2D eigenvalue weighted by molar-refractivity contribution is 5.96. The van der Waals surface area contributed by atoms with Gasteiger partial charge in [-0.15, -0.1) is 0 Å². The van der Waals surface area contributed by atoms with Crippen molar-refractivity contribution in [1.29, 1.82) is 0 Å². The van der Waals surface area contributed by atoms with Crippen LogP contribution in [0.15, 0.2) is 212 Å². The van der Waals surface area contributed by atoms with Crippen molar-refractivity contribution in [2.24, 2.45) is 0 Å². The minimum absolute atomic E-state index is 0.577. The number of benzene rings is 9. The first kappa shape index (κ1) is 31.4. The van der Waals surface area contributed by atoms with Crippen LogP contribution >= 0.6 is 0 Å². The lowest BCUT2D eigenvalue weighted by atomic mass is 9.64. The molecular formula is C53H35NO. The van der Waals surface area contributed by atoms with E-state index in [4.69, 9.17) is 4.74 Å². The van der Waals surface area contributed by atoms with E-state index < -0.39 is 5.41 Å². The molecule has 1 aliphatic heterocycles. The smallest absolute Gasteiger partial charge is 0.132 e. The lowest BCUT2D eigenvalue weighted by Crippen LogP contribution is -2.32. The SMILES string of the molecule is c1ccc(-c2ccc(N(c3ccccc3)c3ccc(-c4cccc5c4C4(c6ccccc6Oc6cc7ccccc7cc64)c4ccccc4-5)cc3)cc2)cc1. The van der Waals surface area contributed by atoms with Gasteiger partial charge >= 0.3 is 0 Å². The van der Waals surface area contributed by atoms with E-state index in [1.807, 2.05) is 0 Å². The van der Waals surface area contributed by atoms with Gasteiger partial charge in [-0.2, -0.15) is 0 Å². The van der Waals surface area contributed by atoms with Gasteiger partial charge in [0.05, 0.1) is 5.41 Å². The van der Waals surface area contributed by atoms with E-state index in [-0.39, 0.29) is 0 Å². The zero-order valence-corrected chi connectivity index (χ0v) is 30.1. The molecule has 9 aromatic carbocycles. The summed E-state index contributed by atoms with van der Waals surface area (Å²) >= 11 is 0. The number of nitrogens with zero attached hydrogens (tertiary/aromatic N) is 1. The molecule has 2 nitrogen and oxygen atoms in total. The summed E-state index contributed by atoms with van der Waals surface area (Å²) < 4.78 is 6.80. The zero-order valence-electron chi connectivity index (χ0n) is 30.1. The number of anilines is 3. The minimum Gasteiger partial charge on any atom is -0.457 e. The van der Waals surface area contributed by atoms with E-state index in [1.54, 1.807) is 0 Å². The Hall–Kier alpha value is -7.16. The molecule has 1 unspecified atom stereocenters. The molecule has 1 spiro atoms. The van der Waals surface area contributed by atoms with Gasteiger partial charge in [-0.1, -0.05) is 158 Å². The van der Waals surface area contributed by atoms with Gasteiger partial charge in [0.1, 0.15) is 11.5 Å². The van der Waals surface area contributed by atoms with Crippen LogP contribution in [-0.4, -0.2) is 0 Å². The monoisotopic (exact) mass is 701 g/mol. The summed E-state index contributed by atoms with van der Waals surface area (Å²) in [6.07, 6.45) is 0. The molecule has 0 fully saturated rings. The highest BCUT2D eigenvalue weighted by Gasteiger charge is 2.52. The van der Waals surface area contributed by atoms with Crippen molar-refractivity contribution < 1.29 is 4.74 Å². The van der Waals surface area contributed by atoms with Crippen molar-refractivity contribution in [2.75, 3.05) is 4.90 Å². The maximum atomic E-state index is 6.80. The Bertz CT molecular complexity index is 2880. The van der Waals surface area contributed by atoms with Crippen molar-refractivity contribution in [3.8, 4) is 44.9 Å². The van der Waals surface area contributed by atoms with Crippen LogP contribution < -0.4 is 9.64 Å². The standard InChI is InChI=1S/C53H35NO/c1-3-14-36(15-4-1)37-26-30-42(31-27-37)54(41-18-5-2-6-19-41)43-32-28-38(29-33-43)44-21-13-22-46-45-20-9-10-23-47(45)53(52(44)46)48-24-11-12-25-50(48)55-51-35-40-17-8-7-16-39(40)34-49(51)53/h1-35H. The topological polar surface area (TPSA) is 12.5 Å². The van der Waals surface area contributed by atoms with Gasteiger partial charge in [-0.05, 0) is 110 Å². The second kappa shape index (κ2) is 12.5. The largest absolute Gasteiger partial charge is 0.457 e. The highest BCUT2D eigenvalue weighted by Crippen LogP contribution is 2.64. The van der Waals surface area contributed by atoms with Crippen LogP contribution in [0.4, 0.5) is 17.1 Å². The second-order valence-corrected chi connectivity index (χ2v) is 14.4. The maximum absolute atomic E-state index is 6.80. The number of rotatable bonds is 5. The van der Waals surface area contributed by atoms with Gasteiger partial charge < -0.3 is 9.64 Å². The summed E-state index contributed by atoms with van der Waals surface area (Å²) in [7, 11) is 0. The van der Waals surface area contributed by atoms with Gasteiger partial charge in [0.15, 0.2) is 0 Å². The van der Waals surface area contributed by atoms with Crippen LogP contribution in [0.25, 0.3) is 44.2 Å². The average Bonchev–Trinajstić information content (AvgIpc) is 3.55. The van der Waals surface area contributed by atoms with Crippen molar-refractivity contribution in [3.63, 3.8) is 0 Å². The average molecular weight is 702 g/mol. The molecule has 0 N–H and O–H groups in total. The molecule has 55 heavy (non-hydrogen) atoms. The Kier molecular flexibility index (Phi) is 7.11. The van der Waals surface area contributed by atoms with E-state index in [9.17, 15) is 0 Å². The molecule has 0 bridgehead atoms. The number of hydrogen-bond acceptors (Lipinski definition) is 2. The van der Waals surface area contributed by atoms with E-state index in [0.29, 0.717) is 0 Å². The predicted octanol–water partition coefficient (Wildman–Crippen LogP) is 14.1. The molecule has 2 heteroatoms. The Morgan fingerprint density at radius 2 is 0.855 bits per heavy atom. The third-order valence-electron chi connectivity index (χ3n) is 11.5. The summed E-state index contributed by atoms with van der Waals surface area (Å²) in [4.78, 5) is 2.33. The highest BCUT2D eigenvalue weighted by atomic mass is 16.5. The molecule has 1 heterocycles. The first-order valence-corrected chi connectivity index (χ1v) is 18.9. The van der Waals surface area contributed by atoms with E-state index in [0.717, 1.165) is 28.6 Å². The third-order valence-corrected chi connectivity index (χ3v) is 11.5. The van der Waals surface area contributed by atoms with E-state index in [2.05, 4.69) is 217 Å². The Labute approximate surface area is 321 Å². The minimum atomic E-state index is -0.577. The van der Waals surface area contributed by atoms with Crippen LogP contribution in [0, 0.1) is 0 Å². The van der Waals surface area contributed by atoms with Crippen LogP contribution in [-0.2, 0) is 5.41 Å². The maximum Gasteiger partial charge on any atom is 0.132 e. The Balaban J connectivity index is 1.10. The van der Waals surface area contributed by atoms with E-state index >= 15 is 0 Å². The summed E-state index contributed by atoms with van der Waals surface area (Å²) in [5, 5.41) is 2.37. The van der Waals surface area contributed by atoms with Crippen LogP contribution in [0.3, 0.4) is 0 Å².